The molecule has 0 radical (unpaired) electrons. The van der Waals surface area contributed by atoms with Crippen molar-refractivity contribution in [3.05, 3.63) is 76.7 Å². The first-order valence-corrected chi connectivity index (χ1v) is 14.1. The zero-order valence-electron chi connectivity index (χ0n) is 23.7. The monoisotopic (exact) mass is 533 g/mol. The van der Waals surface area contributed by atoms with Gasteiger partial charge < -0.3 is 14.6 Å². The number of carbonyl (C=O) groups is 1. The van der Waals surface area contributed by atoms with Crippen LogP contribution in [-0.4, -0.2) is 23.2 Å². The van der Waals surface area contributed by atoms with Gasteiger partial charge >= 0.3 is 5.97 Å². The molecule has 1 N–H and O–H groups in total. The van der Waals surface area contributed by atoms with E-state index in [1.54, 1.807) is 6.07 Å². The predicted molar refractivity (Wildman–Crippen MR) is 152 cm³/mol. The average Bonchev–Trinajstić information content (AvgIpc) is 3.50. The molecule has 208 valence electrons. The number of hydrogen-bond donors (Lipinski definition) is 1. The number of methoxy groups -OCH3 is 1. The minimum absolute atomic E-state index is 0.0405. The normalized spacial score (nSPS) is 19.1. The van der Waals surface area contributed by atoms with Gasteiger partial charge in [-0.25, -0.2) is 9.37 Å². The third kappa shape index (κ3) is 6.26. The summed E-state index contributed by atoms with van der Waals surface area (Å²) in [7, 11) is 1.54. The molecular formula is C33H40FNO4. The van der Waals surface area contributed by atoms with Crippen LogP contribution in [0.2, 0.25) is 0 Å². The Kier molecular flexibility index (Phi) is 8.94. The van der Waals surface area contributed by atoms with Crippen LogP contribution >= 0.6 is 0 Å². The van der Waals surface area contributed by atoms with E-state index in [4.69, 9.17) is 9.47 Å². The number of ether oxygens (including phenoxy) is 2. The van der Waals surface area contributed by atoms with Crippen molar-refractivity contribution in [3.8, 4) is 22.8 Å². The molecule has 39 heavy (non-hydrogen) atoms. The highest BCUT2D eigenvalue weighted by molar-refractivity contribution is 5.70. The van der Waals surface area contributed by atoms with Crippen LogP contribution in [0.3, 0.4) is 0 Å². The summed E-state index contributed by atoms with van der Waals surface area (Å²) in [6.07, 6.45) is 6.48. The lowest BCUT2D eigenvalue weighted by Crippen LogP contribution is -2.17. The molecule has 2 atom stereocenters. The van der Waals surface area contributed by atoms with Gasteiger partial charge in [0.05, 0.1) is 19.7 Å². The van der Waals surface area contributed by atoms with Crippen molar-refractivity contribution in [2.45, 2.75) is 84.7 Å². The molecule has 2 aliphatic rings. The number of halogens is 1. The van der Waals surface area contributed by atoms with Crippen molar-refractivity contribution in [1.82, 2.24) is 4.98 Å². The molecule has 0 aliphatic heterocycles. The SMILES string of the molecule is CC.COc1cc(-c2ccc(COc3ccc4c(c3)C(CC(=O)O)CC4)cc2C2CCCC2(C)C)c(F)cn1. The Balaban J connectivity index is 0.00000172. The number of hydrogen-bond acceptors (Lipinski definition) is 4. The molecule has 3 aromatic rings. The van der Waals surface area contributed by atoms with Crippen molar-refractivity contribution < 1.29 is 23.8 Å². The minimum Gasteiger partial charge on any atom is -0.489 e. The fraction of sp³-hybridized carbons (Fsp3) is 0.455. The average molecular weight is 534 g/mol. The Bertz CT molecular complexity index is 1320. The quantitative estimate of drug-likeness (QED) is 0.315. The van der Waals surface area contributed by atoms with E-state index in [0.717, 1.165) is 60.1 Å². The molecule has 1 heterocycles. The summed E-state index contributed by atoms with van der Waals surface area (Å²) in [5.74, 6) is 0.341. The van der Waals surface area contributed by atoms with Crippen LogP contribution in [0.1, 0.15) is 93.9 Å². The van der Waals surface area contributed by atoms with E-state index >= 15 is 0 Å². The van der Waals surface area contributed by atoms with E-state index in [0.29, 0.717) is 24.0 Å². The molecule has 5 rings (SSSR count). The number of carboxylic acids is 1. The van der Waals surface area contributed by atoms with Gasteiger partial charge in [-0.1, -0.05) is 58.4 Å². The second-order valence-corrected chi connectivity index (χ2v) is 11.0. The van der Waals surface area contributed by atoms with Crippen LogP contribution in [0.4, 0.5) is 4.39 Å². The third-order valence-electron chi connectivity index (χ3n) is 8.22. The van der Waals surface area contributed by atoms with Crippen molar-refractivity contribution in [3.63, 3.8) is 0 Å². The molecular weight excluding hydrogens is 493 g/mol. The Morgan fingerprint density at radius 3 is 2.56 bits per heavy atom. The fourth-order valence-electron chi connectivity index (χ4n) is 6.22. The molecule has 1 saturated carbocycles. The van der Waals surface area contributed by atoms with Gasteiger partial charge in [0, 0.05) is 11.6 Å². The molecule has 2 aliphatic carbocycles. The first-order valence-electron chi connectivity index (χ1n) is 14.1. The highest BCUT2D eigenvalue weighted by atomic mass is 19.1. The Morgan fingerprint density at radius 2 is 1.87 bits per heavy atom. The number of rotatable bonds is 8. The van der Waals surface area contributed by atoms with Crippen LogP contribution in [-0.2, 0) is 17.8 Å². The van der Waals surface area contributed by atoms with Crippen LogP contribution in [0.25, 0.3) is 11.1 Å². The number of aryl methyl sites for hydroxylation is 1. The molecule has 0 bridgehead atoms. The molecule has 0 spiro atoms. The number of aliphatic carboxylic acids is 1. The zero-order chi connectivity index (χ0) is 28.2. The van der Waals surface area contributed by atoms with Crippen molar-refractivity contribution in [2.75, 3.05) is 7.11 Å². The third-order valence-corrected chi connectivity index (χ3v) is 8.22. The van der Waals surface area contributed by atoms with E-state index in [1.165, 1.54) is 18.9 Å². The smallest absolute Gasteiger partial charge is 0.303 e. The lowest BCUT2D eigenvalue weighted by Gasteiger charge is -2.30. The number of fused-ring (bicyclic) bond motifs is 1. The molecule has 0 amide bonds. The summed E-state index contributed by atoms with van der Waals surface area (Å²) in [6, 6.07) is 13.9. The van der Waals surface area contributed by atoms with Crippen molar-refractivity contribution >= 4 is 5.97 Å². The highest BCUT2D eigenvalue weighted by Gasteiger charge is 2.37. The predicted octanol–water partition coefficient (Wildman–Crippen LogP) is 8.30. The molecule has 1 aromatic heterocycles. The van der Waals surface area contributed by atoms with Gasteiger partial charge in [-0.2, -0.15) is 0 Å². The van der Waals surface area contributed by atoms with Crippen LogP contribution < -0.4 is 9.47 Å². The zero-order valence-corrected chi connectivity index (χ0v) is 23.7. The van der Waals surface area contributed by atoms with E-state index in [1.807, 2.05) is 38.1 Å². The first kappa shape index (κ1) is 28.6. The lowest BCUT2D eigenvalue weighted by molar-refractivity contribution is -0.137. The van der Waals surface area contributed by atoms with Gasteiger partial charge in [0.1, 0.15) is 18.2 Å². The Labute approximate surface area is 231 Å². The van der Waals surface area contributed by atoms with E-state index < -0.39 is 5.97 Å². The van der Waals surface area contributed by atoms with E-state index in [2.05, 4.69) is 31.0 Å². The molecule has 5 nitrogen and oxygen atoms in total. The van der Waals surface area contributed by atoms with Gasteiger partial charge in [-0.3, -0.25) is 4.79 Å². The summed E-state index contributed by atoms with van der Waals surface area (Å²) in [5, 5.41) is 9.26. The molecule has 6 heteroatoms. The number of aromatic nitrogens is 1. The standard InChI is InChI=1S/C31H34FNO4.C2H6/c1-31(2)12-4-5-27(31)25-13-19(6-11-23(25)26-16-29(36-3)33-17-28(26)32)18-37-22-10-9-20-7-8-21(14-30(34)35)24(20)15-22;1-2/h6,9-11,13,15-17,21,27H,4-5,7-8,12,14,18H2,1-3H3,(H,34,35);1-2H3. The minimum atomic E-state index is -0.769. The molecule has 2 unspecified atom stereocenters. The van der Waals surface area contributed by atoms with Crippen LogP contribution in [0.15, 0.2) is 48.7 Å². The summed E-state index contributed by atoms with van der Waals surface area (Å²) in [4.78, 5) is 15.3. The number of benzene rings is 2. The van der Waals surface area contributed by atoms with Crippen molar-refractivity contribution in [1.29, 1.82) is 0 Å². The van der Waals surface area contributed by atoms with Crippen molar-refractivity contribution in [2.24, 2.45) is 5.41 Å². The largest absolute Gasteiger partial charge is 0.489 e. The lowest BCUT2D eigenvalue weighted by atomic mass is 9.75. The van der Waals surface area contributed by atoms with E-state index in [-0.39, 0.29) is 23.6 Å². The molecule has 1 fully saturated rings. The molecule has 0 saturated heterocycles. The number of carboxylic acid groups (broad SMARTS) is 1. The summed E-state index contributed by atoms with van der Waals surface area (Å²) in [5.41, 5.74) is 5.93. The Hall–Kier alpha value is -3.41. The maximum Gasteiger partial charge on any atom is 0.303 e. The van der Waals surface area contributed by atoms with Gasteiger partial charge in [0.25, 0.3) is 0 Å². The van der Waals surface area contributed by atoms with Gasteiger partial charge in [-0.15, -0.1) is 0 Å². The summed E-state index contributed by atoms with van der Waals surface area (Å²) >= 11 is 0. The second-order valence-electron chi connectivity index (χ2n) is 11.0. The van der Waals surface area contributed by atoms with Crippen LogP contribution in [0, 0.1) is 11.2 Å². The fourth-order valence-corrected chi connectivity index (χ4v) is 6.22. The first-order chi connectivity index (χ1) is 18.7. The van der Waals surface area contributed by atoms with Gasteiger partial charge in [-0.05, 0) is 82.9 Å². The van der Waals surface area contributed by atoms with Crippen LogP contribution in [0.5, 0.6) is 11.6 Å². The van der Waals surface area contributed by atoms with Gasteiger partial charge in [0.15, 0.2) is 0 Å². The van der Waals surface area contributed by atoms with E-state index in [9.17, 15) is 14.3 Å². The van der Waals surface area contributed by atoms with Gasteiger partial charge in [0.2, 0.25) is 5.88 Å². The number of nitrogens with zero attached hydrogens (tertiary/aromatic N) is 1. The number of pyridine rings is 1. The highest BCUT2D eigenvalue weighted by Crippen LogP contribution is 2.51. The Morgan fingerprint density at radius 1 is 1.08 bits per heavy atom. The molecule has 2 aromatic carbocycles. The maximum absolute atomic E-state index is 15.0. The maximum atomic E-state index is 15.0. The summed E-state index contributed by atoms with van der Waals surface area (Å²) < 4.78 is 26.4. The second kappa shape index (κ2) is 12.2. The topological polar surface area (TPSA) is 68.7 Å². The summed E-state index contributed by atoms with van der Waals surface area (Å²) in [6.45, 7) is 8.96.